The molecule has 1 amide bonds. The predicted molar refractivity (Wildman–Crippen MR) is 64.6 cm³/mol. The molecule has 1 aliphatic rings. The molecule has 0 spiro atoms. The molecule has 0 aromatic heterocycles. The lowest BCUT2D eigenvalue weighted by atomic mass is 10.1. The SMILES string of the molecule is NC(=O)C(Cl)Cc1ccc2c(c1)OCCCO2. The van der Waals surface area contributed by atoms with Gasteiger partial charge in [-0.25, -0.2) is 0 Å². The maximum atomic E-state index is 10.9. The number of carbonyl (C=O) groups is 1. The fourth-order valence-corrected chi connectivity index (χ4v) is 1.82. The number of hydrogen-bond acceptors (Lipinski definition) is 3. The average molecular weight is 256 g/mol. The molecule has 0 radical (unpaired) electrons. The molecule has 2 N–H and O–H groups in total. The first-order valence-electron chi connectivity index (χ1n) is 5.49. The van der Waals surface area contributed by atoms with Crippen LogP contribution in [0.25, 0.3) is 0 Å². The molecule has 0 aliphatic carbocycles. The van der Waals surface area contributed by atoms with Gasteiger partial charge in [0.05, 0.1) is 13.2 Å². The van der Waals surface area contributed by atoms with E-state index >= 15 is 0 Å². The van der Waals surface area contributed by atoms with Crippen molar-refractivity contribution in [1.29, 1.82) is 0 Å². The normalized spacial score (nSPS) is 16.1. The minimum Gasteiger partial charge on any atom is -0.490 e. The van der Waals surface area contributed by atoms with Gasteiger partial charge in [0.15, 0.2) is 11.5 Å². The Kier molecular flexibility index (Phi) is 3.74. The first-order chi connectivity index (χ1) is 8.16. The largest absolute Gasteiger partial charge is 0.490 e. The maximum Gasteiger partial charge on any atom is 0.235 e. The number of ether oxygens (including phenoxy) is 2. The Hall–Kier alpha value is -1.42. The van der Waals surface area contributed by atoms with E-state index in [0.717, 1.165) is 17.7 Å². The minimum absolute atomic E-state index is 0.396. The summed E-state index contributed by atoms with van der Waals surface area (Å²) in [6.07, 6.45) is 1.26. The summed E-state index contributed by atoms with van der Waals surface area (Å²) in [5, 5.41) is -0.695. The number of hydrogen-bond donors (Lipinski definition) is 1. The van der Waals surface area contributed by atoms with Crippen LogP contribution in [0, 0.1) is 0 Å². The Morgan fingerprint density at radius 1 is 1.35 bits per heavy atom. The predicted octanol–water partition coefficient (Wildman–Crippen LogP) is 1.48. The number of benzene rings is 1. The summed E-state index contributed by atoms with van der Waals surface area (Å²) in [6, 6.07) is 5.55. The Morgan fingerprint density at radius 3 is 2.76 bits per heavy atom. The Morgan fingerprint density at radius 2 is 2.06 bits per heavy atom. The van der Waals surface area contributed by atoms with E-state index in [1.54, 1.807) is 0 Å². The molecule has 92 valence electrons. The van der Waals surface area contributed by atoms with E-state index in [1.807, 2.05) is 18.2 Å². The lowest BCUT2D eigenvalue weighted by Gasteiger charge is -2.10. The van der Waals surface area contributed by atoms with Crippen molar-refractivity contribution in [3.63, 3.8) is 0 Å². The Balaban J connectivity index is 2.15. The number of alkyl halides is 1. The number of carbonyl (C=O) groups excluding carboxylic acids is 1. The van der Waals surface area contributed by atoms with Gasteiger partial charge in [0, 0.05) is 6.42 Å². The summed E-state index contributed by atoms with van der Waals surface area (Å²) in [5.41, 5.74) is 6.03. The van der Waals surface area contributed by atoms with Crippen molar-refractivity contribution in [2.45, 2.75) is 18.2 Å². The van der Waals surface area contributed by atoms with Crippen LogP contribution in [0.4, 0.5) is 0 Å². The highest BCUT2D eigenvalue weighted by atomic mass is 35.5. The number of nitrogens with two attached hydrogens (primary N) is 1. The first-order valence-corrected chi connectivity index (χ1v) is 5.92. The fraction of sp³-hybridized carbons (Fsp3) is 0.417. The van der Waals surface area contributed by atoms with Crippen molar-refractivity contribution in [3.05, 3.63) is 23.8 Å². The standard InChI is InChI=1S/C12H14ClNO3/c13-9(12(14)15)6-8-2-3-10-11(7-8)17-5-1-4-16-10/h2-3,7,9H,1,4-6H2,(H2,14,15). The highest BCUT2D eigenvalue weighted by molar-refractivity contribution is 6.30. The molecule has 1 heterocycles. The zero-order chi connectivity index (χ0) is 12.3. The second-order valence-corrected chi connectivity index (χ2v) is 4.43. The highest BCUT2D eigenvalue weighted by Gasteiger charge is 2.15. The smallest absolute Gasteiger partial charge is 0.235 e. The minimum atomic E-state index is -0.695. The van der Waals surface area contributed by atoms with Gasteiger partial charge in [-0.2, -0.15) is 0 Å². The summed E-state index contributed by atoms with van der Waals surface area (Å²) in [6.45, 7) is 1.29. The highest BCUT2D eigenvalue weighted by Crippen LogP contribution is 2.30. The number of rotatable bonds is 3. The number of primary amides is 1. The first kappa shape index (κ1) is 12.0. The van der Waals surface area contributed by atoms with Crippen molar-refractivity contribution in [2.24, 2.45) is 5.73 Å². The summed E-state index contributed by atoms with van der Waals surface area (Å²) in [7, 11) is 0. The van der Waals surface area contributed by atoms with Gasteiger partial charge >= 0.3 is 0 Å². The molecule has 4 nitrogen and oxygen atoms in total. The number of fused-ring (bicyclic) bond motifs is 1. The third-order valence-electron chi connectivity index (χ3n) is 2.54. The van der Waals surface area contributed by atoms with Gasteiger partial charge in [0.2, 0.25) is 5.91 Å². The molecule has 1 aromatic rings. The van der Waals surface area contributed by atoms with Crippen molar-refractivity contribution in [3.8, 4) is 11.5 Å². The molecule has 17 heavy (non-hydrogen) atoms. The molecule has 1 atom stereocenters. The molecule has 1 unspecified atom stereocenters. The van der Waals surface area contributed by atoms with Gasteiger partial charge in [-0.05, 0) is 24.1 Å². The molecule has 1 aliphatic heterocycles. The van der Waals surface area contributed by atoms with Crippen molar-refractivity contribution in [2.75, 3.05) is 13.2 Å². The third-order valence-corrected chi connectivity index (χ3v) is 2.90. The molecular formula is C12H14ClNO3. The molecule has 5 heteroatoms. The molecule has 0 fully saturated rings. The van der Waals surface area contributed by atoms with Crippen LogP contribution in [0.3, 0.4) is 0 Å². The van der Waals surface area contributed by atoms with Gasteiger partial charge in [-0.15, -0.1) is 11.6 Å². The summed E-state index contributed by atoms with van der Waals surface area (Å²) in [5.74, 6) is 0.920. The average Bonchev–Trinajstić information content (AvgIpc) is 2.53. The quantitative estimate of drug-likeness (QED) is 0.833. The van der Waals surface area contributed by atoms with Crippen LogP contribution in [0.5, 0.6) is 11.5 Å². The number of amides is 1. The zero-order valence-electron chi connectivity index (χ0n) is 9.32. The van der Waals surface area contributed by atoms with Gasteiger partial charge in [-0.3, -0.25) is 4.79 Å². The maximum absolute atomic E-state index is 10.9. The van der Waals surface area contributed by atoms with E-state index < -0.39 is 11.3 Å². The topological polar surface area (TPSA) is 61.6 Å². The molecule has 0 bridgehead atoms. The monoisotopic (exact) mass is 255 g/mol. The van der Waals surface area contributed by atoms with E-state index in [-0.39, 0.29) is 0 Å². The lowest BCUT2D eigenvalue weighted by molar-refractivity contribution is -0.117. The van der Waals surface area contributed by atoms with Crippen LogP contribution in [0.15, 0.2) is 18.2 Å². The van der Waals surface area contributed by atoms with Crippen LogP contribution >= 0.6 is 11.6 Å². The van der Waals surface area contributed by atoms with Crippen LogP contribution in [0.2, 0.25) is 0 Å². The van der Waals surface area contributed by atoms with E-state index in [9.17, 15) is 4.79 Å². The van der Waals surface area contributed by atoms with Crippen LogP contribution in [0.1, 0.15) is 12.0 Å². The molecule has 0 saturated carbocycles. The fourth-order valence-electron chi connectivity index (χ4n) is 1.64. The zero-order valence-corrected chi connectivity index (χ0v) is 10.1. The molecular weight excluding hydrogens is 242 g/mol. The summed E-state index contributed by atoms with van der Waals surface area (Å²) in [4.78, 5) is 10.9. The Labute approximate surface area is 105 Å². The third kappa shape index (κ3) is 3.03. The van der Waals surface area contributed by atoms with Gasteiger partial charge in [0.25, 0.3) is 0 Å². The van der Waals surface area contributed by atoms with Crippen LogP contribution < -0.4 is 15.2 Å². The van der Waals surface area contributed by atoms with E-state index in [0.29, 0.717) is 25.4 Å². The van der Waals surface area contributed by atoms with Crippen molar-refractivity contribution < 1.29 is 14.3 Å². The summed E-state index contributed by atoms with van der Waals surface area (Å²) >= 11 is 5.82. The summed E-state index contributed by atoms with van der Waals surface area (Å²) < 4.78 is 11.1. The van der Waals surface area contributed by atoms with E-state index in [1.165, 1.54) is 0 Å². The van der Waals surface area contributed by atoms with Crippen molar-refractivity contribution in [1.82, 2.24) is 0 Å². The van der Waals surface area contributed by atoms with Gasteiger partial charge in [0.1, 0.15) is 5.38 Å². The van der Waals surface area contributed by atoms with E-state index in [4.69, 9.17) is 26.8 Å². The molecule has 2 rings (SSSR count). The molecule has 1 aromatic carbocycles. The van der Waals surface area contributed by atoms with Gasteiger partial charge in [-0.1, -0.05) is 6.07 Å². The Bertz CT molecular complexity index is 422. The van der Waals surface area contributed by atoms with Gasteiger partial charge < -0.3 is 15.2 Å². The van der Waals surface area contributed by atoms with Crippen LogP contribution in [-0.4, -0.2) is 24.5 Å². The van der Waals surface area contributed by atoms with E-state index in [2.05, 4.69) is 0 Å². The van der Waals surface area contributed by atoms with Crippen molar-refractivity contribution >= 4 is 17.5 Å². The lowest BCUT2D eigenvalue weighted by Crippen LogP contribution is -2.25. The van der Waals surface area contributed by atoms with Crippen LogP contribution in [-0.2, 0) is 11.2 Å². The second-order valence-electron chi connectivity index (χ2n) is 3.91. The second kappa shape index (κ2) is 5.27. The number of halogens is 1. The molecule has 0 saturated heterocycles.